The van der Waals surface area contributed by atoms with E-state index in [-0.39, 0.29) is 5.91 Å². The first kappa shape index (κ1) is 22.5. The molecule has 0 aliphatic carbocycles. The monoisotopic (exact) mass is 429 g/mol. The van der Waals surface area contributed by atoms with Crippen LogP contribution < -0.4 is 5.32 Å². The highest BCUT2D eigenvalue weighted by Crippen LogP contribution is 2.22. The molecule has 2 aromatic rings. The van der Waals surface area contributed by atoms with Crippen molar-refractivity contribution >= 4 is 15.9 Å². The number of sulfonamides is 1. The minimum absolute atomic E-state index is 0.337. The number of nitrogens with zero attached hydrogens (tertiary/aromatic N) is 2. The molecule has 1 N–H and O–H groups in total. The highest BCUT2D eigenvalue weighted by molar-refractivity contribution is 7.88. The maximum Gasteiger partial charge on any atom is 0.243 e. The standard InChI is InChI=1S/C23H31N3O3S/c1-25(30(2,28)29)22(21-12-5-3-6-13-21)23(27)24-17-19-10-9-11-20(16-19)18-26-14-7-4-8-15-26/h3,5-6,9-13,16,22H,4,7-8,14-15,17-18H2,1-2H3,(H,24,27). The highest BCUT2D eigenvalue weighted by Gasteiger charge is 2.30. The molecule has 0 radical (unpaired) electrons. The third kappa shape index (κ3) is 6.14. The fourth-order valence-electron chi connectivity index (χ4n) is 3.85. The number of hydrogen-bond acceptors (Lipinski definition) is 4. The number of rotatable bonds is 8. The fraction of sp³-hybridized carbons (Fsp3) is 0.435. The van der Waals surface area contributed by atoms with Gasteiger partial charge < -0.3 is 5.32 Å². The van der Waals surface area contributed by atoms with Crippen LogP contribution in [0.25, 0.3) is 0 Å². The summed E-state index contributed by atoms with van der Waals surface area (Å²) >= 11 is 0. The van der Waals surface area contributed by atoms with Crippen molar-refractivity contribution in [1.82, 2.24) is 14.5 Å². The number of amides is 1. The van der Waals surface area contributed by atoms with Crippen LogP contribution in [0.5, 0.6) is 0 Å². The van der Waals surface area contributed by atoms with Crippen molar-refractivity contribution in [3.05, 3.63) is 71.3 Å². The minimum atomic E-state index is -3.53. The Hall–Kier alpha value is -2.22. The van der Waals surface area contributed by atoms with Crippen LogP contribution in [-0.2, 0) is 27.9 Å². The summed E-state index contributed by atoms with van der Waals surface area (Å²) in [4.78, 5) is 15.4. The SMILES string of the molecule is CN(C(C(=O)NCc1cccc(CN2CCCCC2)c1)c1ccccc1)S(C)(=O)=O. The van der Waals surface area contributed by atoms with Crippen LogP contribution in [0.15, 0.2) is 54.6 Å². The summed E-state index contributed by atoms with van der Waals surface area (Å²) in [5, 5.41) is 2.92. The third-order valence-electron chi connectivity index (χ3n) is 5.56. The van der Waals surface area contributed by atoms with Crippen LogP contribution in [0.3, 0.4) is 0 Å². The molecular formula is C23H31N3O3S. The lowest BCUT2D eigenvalue weighted by molar-refractivity contribution is -0.124. The normalized spacial score (nSPS) is 16.4. The predicted molar refractivity (Wildman–Crippen MR) is 119 cm³/mol. The van der Waals surface area contributed by atoms with E-state index in [2.05, 4.69) is 22.3 Å². The smallest absolute Gasteiger partial charge is 0.243 e. The fourth-order valence-corrected chi connectivity index (χ4v) is 4.45. The van der Waals surface area contributed by atoms with Crippen molar-refractivity contribution in [1.29, 1.82) is 0 Å². The van der Waals surface area contributed by atoms with Crippen LogP contribution in [0.1, 0.15) is 42.0 Å². The molecule has 1 amide bonds. The quantitative estimate of drug-likeness (QED) is 0.701. The molecule has 0 aromatic heterocycles. The largest absolute Gasteiger partial charge is 0.350 e. The summed E-state index contributed by atoms with van der Waals surface area (Å²) in [5.41, 5.74) is 2.88. The van der Waals surface area contributed by atoms with E-state index in [1.54, 1.807) is 24.3 Å². The Morgan fingerprint density at radius 3 is 2.37 bits per heavy atom. The van der Waals surface area contributed by atoms with Crippen LogP contribution in [-0.4, -0.2) is 49.9 Å². The zero-order valence-electron chi connectivity index (χ0n) is 17.8. The van der Waals surface area contributed by atoms with E-state index in [1.807, 2.05) is 18.2 Å². The van der Waals surface area contributed by atoms with Gasteiger partial charge in [0.25, 0.3) is 0 Å². The Morgan fingerprint density at radius 1 is 1.03 bits per heavy atom. The topological polar surface area (TPSA) is 69.7 Å². The lowest BCUT2D eigenvalue weighted by Crippen LogP contribution is -2.41. The second-order valence-corrected chi connectivity index (χ2v) is 10.0. The summed E-state index contributed by atoms with van der Waals surface area (Å²) < 4.78 is 25.3. The van der Waals surface area contributed by atoms with Gasteiger partial charge in [-0.25, -0.2) is 8.42 Å². The molecular weight excluding hydrogens is 398 g/mol. The third-order valence-corrected chi connectivity index (χ3v) is 6.82. The number of nitrogens with one attached hydrogen (secondary N) is 1. The molecule has 2 aromatic carbocycles. The van der Waals surface area contributed by atoms with Gasteiger partial charge in [-0.15, -0.1) is 0 Å². The Balaban J connectivity index is 1.68. The molecule has 7 heteroatoms. The first-order valence-electron chi connectivity index (χ1n) is 10.4. The molecule has 1 atom stereocenters. The molecule has 0 spiro atoms. The molecule has 1 unspecified atom stereocenters. The van der Waals surface area contributed by atoms with Crippen molar-refractivity contribution in [2.75, 3.05) is 26.4 Å². The second kappa shape index (κ2) is 10.2. The van der Waals surface area contributed by atoms with Gasteiger partial charge >= 0.3 is 0 Å². The van der Waals surface area contributed by atoms with E-state index in [0.717, 1.165) is 35.8 Å². The van der Waals surface area contributed by atoms with Crippen molar-refractivity contribution < 1.29 is 13.2 Å². The molecule has 1 aliphatic rings. The van der Waals surface area contributed by atoms with E-state index < -0.39 is 16.1 Å². The average molecular weight is 430 g/mol. The number of hydrogen-bond donors (Lipinski definition) is 1. The summed E-state index contributed by atoms with van der Waals surface area (Å²) in [6.45, 7) is 3.55. The van der Waals surface area contributed by atoms with Crippen LogP contribution in [0.2, 0.25) is 0 Å². The van der Waals surface area contributed by atoms with Crippen LogP contribution in [0, 0.1) is 0 Å². The number of benzene rings is 2. The van der Waals surface area contributed by atoms with E-state index >= 15 is 0 Å². The van der Waals surface area contributed by atoms with Gasteiger partial charge in [0.15, 0.2) is 0 Å². The van der Waals surface area contributed by atoms with Crippen LogP contribution in [0.4, 0.5) is 0 Å². The van der Waals surface area contributed by atoms with Crippen LogP contribution >= 0.6 is 0 Å². The van der Waals surface area contributed by atoms with Gasteiger partial charge in [-0.2, -0.15) is 4.31 Å². The number of carbonyl (C=O) groups excluding carboxylic acids is 1. The highest BCUT2D eigenvalue weighted by atomic mass is 32.2. The van der Waals surface area contributed by atoms with E-state index in [0.29, 0.717) is 12.1 Å². The Labute approximate surface area is 179 Å². The molecule has 30 heavy (non-hydrogen) atoms. The zero-order chi connectivity index (χ0) is 21.6. The number of carbonyl (C=O) groups is 1. The van der Waals surface area contributed by atoms with Gasteiger partial charge in [0, 0.05) is 20.1 Å². The molecule has 1 saturated heterocycles. The molecule has 1 fully saturated rings. The summed E-state index contributed by atoms with van der Waals surface area (Å²) in [6.07, 6.45) is 4.93. The van der Waals surface area contributed by atoms with Gasteiger partial charge in [-0.1, -0.05) is 61.0 Å². The number of likely N-dealkylation sites (tertiary alicyclic amines) is 1. The summed E-state index contributed by atoms with van der Waals surface area (Å²) in [5.74, 6) is -0.337. The van der Waals surface area contributed by atoms with E-state index in [9.17, 15) is 13.2 Å². The number of piperidine rings is 1. The van der Waals surface area contributed by atoms with Crippen molar-refractivity contribution in [2.45, 2.75) is 38.4 Å². The predicted octanol–water partition coefficient (Wildman–Crippen LogP) is 2.92. The van der Waals surface area contributed by atoms with Crippen molar-refractivity contribution in [3.8, 4) is 0 Å². The van der Waals surface area contributed by atoms with Crippen molar-refractivity contribution in [2.24, 2.45) is 0 Å². The average Bonchev–Trinajstić information content (AvgIpc) is 2.73. The first-order valence-corrected chi connectivity index (χ1v) is 12.3. The van der Waals surface area contributed by atoms with E-state index in [4.69, 9.17) is 0 Å². The molecule has 3 rings (SSSR count). The molecule has 162 valence electrons. The second-order valence-electron chi connectivity index (χ2n) is 7.97. The zero-order valence-corrected chi connectivity index (χ0v) is 18.6. The number of likely N-dealkylation sites (N-methyl/N-ethyl adjacent to an activating group) is 1. The molecule has 1 aliphatic heterocycles. The Bertz CT molecular complexity index is 941. The molecule has 0 bridgehead atoms. The molecule has 1 heterocycles. The summed E-state index contributed by atoms with van der Waals surface area (Å²) in [7, 11) is -2.10. The van der Waals surface area contributed by atoms with Gasteiger partial charge in [-0.05, 0) is 42.6 Å². The lowest BCUT2D eigenvalue weighted by Gasteiger charge is -2.27. The maximum absolute atomic E-state index is 13.0. The van der Waals surface area contributed by atoms with Gasteiger partial charge in [0.1, 0.15) is 6.04 Å². The van der Waals surface area contributed by atoms with Gasteiger partial charge in [0.05, 0.1) is 6.26 Å². The van der Waals surface area contributed by atoms with Gasteiger partial charge in [-0.3, -0.25) is 9.69 Å². The van der Waals surface area contributed by atoms with Gasteiger partial charge in [0.2, 0.25) is 15.9 Å². The van der Waals surface area contributed by atoms with Crippen molar-refractivity contribution in [3.63, 3.8) is 0 Å². The Morgan fingerprint density at radius 2 is 1.70 bits per heavy atom. The Kier molecular flexibility index (Phi) is 7.64. The molecule has 6 nitrogen and oxygen atoms in total. The maximum atomic E-state index is 13.0. The minimum Gasteiger partial charge on any atom is -0.350 e. The molecule has 0 saturated carbocycles. The lowest BCUT2D eigenvalue weighted by atomic mass is 10.1. The first-order chi connectivity index (χ1) is 14.3. The summed E-state index contributed by atoms with van der Waals surface area (Å²) in [6, 6.07) is 16.3. The van der Waals surface area contributed by atoms with E-state index in [1.165, 1.54) is 31.9 Å².